The van der Waals surface area contributed by atoms with Crippen LogP contribution in [0.4, 0.5) is 0 Å². The molecule has 1 aliphatic heterocycles. The van der Waals surface area contributed by atoms with Crippen molar-refractivity contribution in [1.82, 2.24) is 4.90 Å². The maximum absolute atomic E-state index is 12.7. The fraction of sp³-hybridized carbons (Fsp3) is 0.400. The molecule has 1 atom stereocenters. The second-order valence-corrected chi connectivity index (χ2v) is 6.45. The quantitative estimate of drug-likeness (QED) is 0.522. The minimum absolute atomic E-state index is 0.127. The fourth-order valence-electron chi connectivity index (χ4n) is 3.03. The van der Waals surface area contributed by atoms with E-state index < -0.39 is 17.9 Å². The Kier molecular flexibility index (Phi) is 8.04. The van der Waals surface area contributed by atoms with E-state index >= 15 is 0 Å². The third-order valence-corrected chi connectivity index (χ3v) is 4.68. The highest BCUT2D eigenvalue weighted by Gasteiger charge is 2.38. The predicted octanol–water partition coefficient (Wildman–Crippen LogP) is 2.57. The van der Waals surface area contributed by atoms with Crippen molar-refractivity contribution in [2.24, 2.45) is 5.73 Å². The second kappa shape index (κ2) is 10.3. The number of carbonyl (C=O) groups is 2. The molecule has 0 fully saturated rings. The van der Waals surface area contributed by atoms with Crippen molar-refractivity contribution in [3.63, 3.8) is 0 Å². The summed E-state index contributed by atoms with van der Waals surface area (Å²) in [5.41, 5.74) is 7.27. The van der Waals surface area contributed by atoms with Crippen molar-refractivity contribution < 1.29 is 23.8 Å². The lowest BCUT2D eigenvalue weighted by atomic mass is 9.81. The van der Waals surface area contributed by atoms with Gasteiger partial charge in [-0.05, 0) is 25.5 Å². The van der Waals surface area contributed by atoms with Crippen molar-refractivity contribution >= 4 is 23.5 Å². The van der Waals surface area contributed by atoms with Gasteiger partial charge in [0.2, 0.25) is 0 Å². The molecule has 0 bridgehead atoms. The summed E-state index contributed by atoms with van der Waals surface area (Å²) in [4.78, 5) is 27.1. The zero-order valence-electron chi connectivity index (χ0n) is 16.2. The van der Waals surface area contributed by atoms with Crippen molar-refractivity contribution in [3.8, 4) is 0 Å². The van der Waals surface area contributed by atoms with Crippen LogP contribution < -0.4 is 5.73 Å². The number of benzene rings is 1. The van der Waals surface area contributed by atoms with Crippen LogP contribution in [-0.2, 0) is 23.8 Å². The van der Waals surface area contributed by atoms with E-state index in [1.165, 1.54) is 7.11 Å². The molecule has 152 valence electrons. The number of nitrogens with two attached hydrogens (primary N) is 1. The van der Waals surface area contributed by atoms with Gasteiger partial charge in [0, 0.05) is 23.5 Å². The number of hydrogen-bond acceptors (Lipinski definition) is 7. The summed E-state index contributed by atoms with van der Waals surface area (Å²) in [5, 5.41) is 0.435. The number of methoxy groups -OCH3 is 1. The average Bonchev–Trinajstić information content (AvgIpc) is 2.69. The molecule has 0 radical (unpaired) electrons. The van der Waals surface area contributed by atoms with Gasteiger partial charge in [0.1, 0.15) is 6.73 Å². The van der Waals surface area contributed by atoms with E-state index in [0.717, 1.165) is 0 Å². The molecule has 0 aliphatic carbocycles. The van der Waals surface area contributed by atoms with E-state index in [-0.39, 0.29) is 18.9 Å². The van der Waals surface area contributed by atoms with Crippen molar-refractivity contribution in [3.05, 3.63) is 57.9 Å². The van der Waals surface area contributed by atoms with Gasteiger partial charge in [0.05, 0.1) is 37.4 Å². The number of rotatable bonds is 8. The van der Waals surface area contributed by atoms with Crippen molar-refractivity contribution in [2.45, 2.75) is 19.8 Å². The zero-order valence-corrected chi connectivity index (χ0v) is 17.0. The number of nitrogens with zero attached hydrogens (tertiary/aromatic N) is 1. The van der Waals surface area contributed by atoms with E-state index in [9.17, 15) is 9.59 Å². The van der Waals surface area contributed by atoms with Gasteiger partial charge >= 0.3 is 11.9 Å². The summed E-state index contributed by atoms with van der Waals surface area (Å²) >= 11 is 6.40. The normalized spacial score (nSPS) is 16.7. The largest absolute Gasteiger partial charge is 0.466 e. The molecule has 1 unspecified atom stereocenters. The monoisotopic (exact) mass is 408 g/mol. The third kappa shape index (κ3) is 4.73. The molecule has 2 rings (SSSR count). The molecular formula is C20H25ClN2O5. The molecule has 1 aromatic carbocycles. The first-order valence-corrected chi connectivity index (χ1v) is 9.30. The maximum atomic E-state index is 12.7. The van der Waals surface area contributed by atoms with Crippen LogP contribution in [0.1, 0.15) is 25.3 Å². The van der Waals surface area contributed by atoms with E-state index in [1.807, 2.05) is 0 Å². The Labute approximate surface area is 169 Å². The van der Waals surface area contributed by atoms with Crippen LogP contribution in [0.2, 0.25) is 5.02 Å². The summed E-state index contributed by atoms with van der Waals surface area (Å²) in [5.74, 6) is -1.81. The Bertz CT molecular complexity index is 791. The van der Waals surface area contributed by atoms with Gasteiger partial charge in [-0.1, -0.05) is 29.8 Å². The van der Waals surface area contributed by atoms with Crippen molar-refractivity contribution in [1.29, 1.82) is 0 Å². The summed E-state index contributed by atoms with van der Waals surface area (Å²) < 4.78 is 15.7. The molecule has 0 amide bonds. The molecule has 0 saturated heterocycles. The SMILES string of the molecule is CCOC(=O)C1=CN(COCCN)C(C)=C(C(=O)OC)C1c1ccccc1Cl. The summed E-state index contributed by atoms with van der Waals surface area (Å²) in [6.45, 7) is 4.51. The highest BCUT2D eigenvalue weighted by molar-refractivity contribution is 6.31. The van der Waals surface area contributed by atoms with Crippen LogP contribution in [-0.4, -0.2) is 50.4 Å². The third-order valence-electron chi connectivity index (χ3n) is 4.34. The van der Waals surface area contributed by atoms with Gasteiger partial charge in [0.25, 0.3) is 0 Å². The van der Waals surface area contributed by atoms with Gasteiger partial charge in [-0.25, -0.2) is 9.59 Å². The first kappa shape index (κ1) is 21.9. The van der Waals surface area contributed by atoms with E-state index in [4.69, 9.17) is 31.5 Å². The summed E-state index contributed by atoms with van der Waals surface area (Å²) in [6, 6.07) is 7.06. The Morgan fingerprint density at radius 1 is 1.25 bits per heavy atom. The minimum atomic E-state index is -0.717. The minimum Gasteiger partial charge on any atom is -0.466 e. The lowest BCUT2D eigenvalue weighted by Gasteiger charge is -2.34. The lowest BCUT2D eigenvalue weighted by molar-refractivity contribution is -0.139. The van der Waals surface area contributed by atoms with E-state index in [0.29, 0.717) is 35.0 Å². The molecule has 1 aromatic rings. The van der Waals surface area contributed by atoms with Gasteiger partial charge in [0.15, 0.2) is 0 Å². The first-order chi connectivity index (χ1) is 13.5. The molecule has 0 spiro atoms. The average molecular weight is 409 g/mol. The van der Waals surface area contributed by atoms with Gasteiger partial charge in [-0.2, -0.15) is 0 Å². The standard InChI is InChI=1S/C20H25ClN2O5/c1-4-28-19(24)15-11-23(12-27-10-9-22)13(2)17(20(25)26-3)18(15)14-7-5-6-8-16(14)21/h5-8,11,18H,4,9-10,12,22H2,1-3H3. The van der Waals surface area contributed by atoms with Crippen molar-refractivity contribution in [2.75, 3.05) is 33.6 Å². The van der Waals surface area contributed by atoms with Crippen LogP contribution in [0, 0.1) is 0 Å². The van der Waals surface area contributed by atoms with Gasteiger partial charge < -0.3 is 24.8 Å². The second-order valence-electron chi connectivity index (χ2n) is 6.05. The molecule has 7 nitrogen and oxygen atoms in total. The Morgan fingerprint density at radius 3 is 2.57 bits per heavy atom. The zero-order chi connectivity index (χ0) is 20.7. The first-order valence-electron chi connectivity index (χ1n) is 8.93. The Morgan fingerprint density at radius 2 is 1.96 bits per heavy atom. The number of hydrogen-bond donors (Lipinski definition) is 1. The molecule has 28 heavy (non-hydrogen) atoms. The van der Waals surface area contributed by atoms with Crippen LogP contribution >= 0.6 is 11.6 Å². The lowest BCUT2D eigenvalue weighted by Crippen LogP contribution is -2.33. The number of ether oxygens (including phenoxy) is 3. The van der Waals surface area contributed by atoms with Crippen LogP contribution in [0.5, 0.6) is 0 Å². The number of halogens is 1. The topological polar surface area (TPSA) is 91.1 Å². The molecule has 1 aliphatic rings. The Balaban J connectivity index is 2.62. The molecule has 2 N–H and O–H groups in total. The van der Waals surface area contributed by atoms with E-state index in [2.05, 4.69) is 0 Å². The molecule has 1 heterocycles. The predicted molar refractivity (Wildman–Crippen MR) is 105 cm³/mol. The number of carbonyl (C=O) groups excluding carboxylic acids is 2. The Hall–Kier alpha value is -2.35. The fourth-order valence-corrected chi connectivity index (χ4v) is 3.28. The van der Waals surface area contributed by atoms with Crippen LogP contribution in [0.15, 0.2) is 47.3 Å². The molecule has 0 aromatic heterocycles. The highest BCUT2D eigenvalue weighted by atomic mass is 35.5. The van der Waals surface area contributed by atoms with Gasteiger partial charge in [-0.3, -0.25) is 0 Å². The summed E-state index contributed by atoms with van der Waals surface area (Å²) in [7, 11) is 1.30. The van der Waals surface area contributed by atoms with Crippen LogP contribution in [0.3, 0.4) is 0 Å². The molecule has 8 heteroatoms. The molecular weight excluding hydrogens is 384 g/mol. The number of allylic oxidation sites excluding steroid dienone is 1. The summed E-state index contributed by atoms with van der Waals surface area (Å²) in [6.07, 6.45) is 1.63. The highest BCUT2D eigenvalue weighted by Crippen LogP contribution is 2.42. The molecule has 0 saturated carbocycles. The van der Waals surface area contributed by atoms with Gasteiger partial charge in [-0.15, -0.1) is 0 Å². The maximum Gasteiger partial charge on any atom is 0.336 e. The van der Waals surface area contributed by atoms with Crippen LogP contribution in [0.25, 0.3) is 0 Å². The van der Waals surface area contributed by atoms with E-state index in [1.54, 1.807) is 49.2 Å². The smallest absolute Gasteiger partial charge is 0.336 e. The number of esters is 2.